The van der Waals surface area contributed by atoms with E-state index in [1.165, 1.54) is 24.3 Å². The van der Waals surface area contributed by atoms with Gasteiger partial charge in [-0.15, -0.1) is 0 Å². The Morgan fingerprint density at radius 2 is 2.03 bits per heavy atom. The van der Waals surface area contributed by atoms with Gasteiger partial charge in [-0.2, -0.15) is 15.2 Å². The number of aliphatic carboxylic acids is 2. The number of halogens is 2. The highest BCUT2D eigenvalue weighted by molar-refractivity contribution is 6.28. The highest BCUT2D eigenvalue weighted by atomic mass is 35.5. The van der Waals surface area contributed by atoms with Crippen molar-refractivity contribution in [1.29, 1.82) is 5.26 Å². The summed E-state index contributed by atoms with van der Waals surface area (Å²) in [6.45, 7) is -0.834. The normalized spacial score (nSPS) is 14.2. The van der Waals surface area contributed by atoms with Crippen molar-refractivity contribution in [2.45, 2.75) is 30.5 Å². The Hall–Kier alpha value is -3.90. The first kappa shape index (κ1) is 26.7. The van der Waals surface area contributed by atoms with Crippen molar-refractivity contribution >= 4 is 40.5 Å². The number of methoxy groups -OCH3 is 1. The van der Waals surface area contributed by atoms with E-state index in [1.807, 2.05) is 6.07 Å². The molecule has 0 radical (unpaired) electrons. The monoisotopic (exact) mass is 522 g/mol. The molecule has 0 aliphatic rings. The van der Waals surface area contributed by atoms with Crippen molar-refractivity contribution in [3.05, 3.63) is 47.0 Å². The maximum atomic E-state index is 15.3. The summed E-state index contributed by atoms with van der Waals surface area (Å²) in [6, 6.07) is 7.52. The number of carbonyl (C=O) groups is 2. The maximum absolute atomic E-state index is 15.3. The molecule has 0 unspecified atom stereocenters. The molecule has 2 aromatic heterocycles. The maximum Gasteiger partial charge on any atom is 0.348 e. The minimum atomic E-state index is -2.83. The van der Waals surface area contributed by atoms with Crippen LogP contribution < -0.4 is 5.73 Å². The van der Waals surface area contributed by atoms with Crippen molar-refractivity contribution in [3.8, 4) is 6.07 Å². The number of fused-ring (bicyclic) bond motifs is 1. The fourth-order valence-electron chi connectivity index (χ4n) is 3.42. The molecule has 0 saturated heterocycles. The van der Waals surface area contributed by atoms with E-state index < -0.39 is 49.1 Å². The number of imidazole rings is 1. The quantitative estimate of drug-likeness (QED) is 0.205. The zero-order valence-corrected chi connectivity index (χ0v) is 19.3. The lowest BCUT2D eigenvalue weighted by Gasteiger charge is -2.30. The van der Waals surface area contributed by atoms with Gasteiger partial charge in [-0.1, -0.05) is 12.1 Å². The number of aromatic nitrogens is 4. The van der Waals surface area contributed by atoms with Gasteiger partial charge in [0.15, 0.2) is 11.5 Å². The van der Waals surface area contributed by atoms with Crippen LogP contribution in [0.2, 0.25) is 5.28 Å². The lowest BCUT2D eigenvalue weighted by Crippen LogP contribution is -2.53. The molecule has 0 saturated carbocycles. The number of anilines is 1. The lowest BCUT2D eigenvalue weighted by atomic mass is 9.93. The molecule has 3 rings (SSSR count). The standard InChI is InChI=1S/C21H20ClFN6O7/c1-35-12(14(30)15(23)29-9-26-13-16(25)27-20(22)28-17(13)29)8-36-21(18(31)32,19(33)34)6-10-3-2-4-11(5-10)7-24/h2-5,9,12,14-15,30H,6,8H2,1H3,(H,31,32)(H,33,34)(H2,25,27,28)/t12-,14-,15-/m1/s1. The minimum absolute atomic E-state index is 0.0230. The topological polar surface area (TPSA) is 207 Å². The summed E-state index contributed by atoms with van der Waals surface area (Å²) in [5, 5.41) is 38.8. The number of aliphatic hydroxyl groups is 1. The zero-order chi connectivity index (χ0) is 26.6. The number of benzene rings is 1. The lowest BCUT2D eigenvalue weighted by molar-refractivity contribution is -0.192. The van der Waals surface area contributed by atoms with Crippen LogP contribution in [0.1, 0.15) is 17.4 Å². The predicted octanol–water partition coefficient (Wildman–Crippen LogP) is 0.945. The molecule has 36 heavy (non-hydrogen) atoms. The van der Waals surface area contributed by atoms with Gasteiger partial charge >= 0.3 is 11.9 Å². The van der Waals surface area contributed by atoms with Crippen molar-refractivity contribution < 1.29 is 38.8 Å². The van der Waals surface area contributed by atoms with E-state index in [9.17, 15) is 24.9 Å². The van der Waals surface area contributed by atoms with Crippen LogP contribution in [0, 0.1) is 11.3 Å². The Morgan fingerprint density at radius 1 is 1.33 bits per heavy atom. The molecular formula is C21H20ClFN6O7. The van der Waals surface area contributed by atoms with Crippen LogP contribution >= 0.6 is 11.6 Å². The van der Waals surface area contributed by atoms with Crippen molar-refractivity contribution in [2.24, 2.45) is 0 Å². The van der Waals surface area contributed by atoms with E-state index >= 15 is 4.39 Å². The van der Waals surface area contributed by atoms with Crippen LogP contribution in [0.15, 0.2) is 30.6 Å². The summed E-state index contributed by atoms with van der Waals surface area (Å²) in [6.07, 6.45) is -5.46. The van der Waals surface area contributed by atoms with Gasteiger partial charge in [-0.05, 0) is 29.3 Å². The summed E-state index contributed by atoms with van der Waals surface area (Å²) in [7, 11) is 1.09. The number of alkyl halides is 1. The summed E-state index contributed by atoms with van der Waals surface area (Å²) in [5.74, 6) is -3.81. The van der Waals surface area contributed by atoms with Crippen LogP contribution in [0.25, 0.3) is 11.2 Å². The fraction of sp³-hybridized carbons (Fsp3) is 0.333. The number of carboxylic acid groups (broad SMARTS) is 2. The number of hydrogen-bond acceptors (Lipinski definition) is 10. The second-order valence-corrected chi connectivity index (χ2v) is 7.91. The van der Waals surface area contributed by atoms with Crippen LogP contribution in [0.5, 0.6) is 0 Å². The fourth-order valence-corrected chi connectivity index (χ4v) is 3.59. The summed E-state index contributed by atoms with van der Waals surface area (Å²) in [4.78, 5) is 35.5. The number of nitrogen functional groups attached to an aromatic ring is 1. The molecule has 0 spiro atoms. The van der Waals surface area contributed by atoms with Gasteiger partial charge in [-0.3, -0.25) is 4.57 Å². The first-order valence-corrected chi connectivity index (χ1v) is 10.5. The van der Waals surface area contributed by atoms with E-state index in [0.717, 1.165) is 18.0 Å². The van der Waals surface area contributed by atoms with E-state index in [1.54, 1.807) is 0 Å². The molecule has 3 aromatic rings. The van der Waals surface area contributed by atoms with Gasteiger partial charge < -0.3 is 30.5 Å². The predicted molar refractivity (Wildman–Crippen MR) is 121 cm³/mol. The number of ether oxygens (including phenoxy) is 2. The second kappa shape index (κ2) is 10.8. The molecule has 0 bridgehead atoms. The largest absolute Gasteiger partial charge is 0.479 e. The average Bonchev–Trinajstić information content (AvgIpc) is 3.26. The molecule has 0 aliphatic heterocycles. The SMILES string of the molecule is CO[C@H](COC(Cc1cccc(C#N)c1)(C(=O)O)C(=O)O)[C@@H](O)[C@H](F)n1cnc2c(N)nc(Cl)nc21. The first-order valence-electron chi connectivity index (χ1n) is 10.1. The van der Waals surface area contributed by atoms with Crippen LogP contribution in [-0.4, -0.2) is 78.3 Å². The Morgan fingerprint density at radius 3 is 2.64 bits per heavy atom. The Bertz CT molecular complexity index is 1320. The highest BCUT2D eigenvalue weighted by Crippen LogP contribution is 2.27. The van der Waals surface area contributed by atoms with E-state index in [4.69, 9.17) is 32.1 Å². The van der Waals surface area contributed by atoms with Gasteiger partial charge in [0.1, 0.15) is 17.7 Å². The Balaban J connectivity index is 1.85. The molecule has 1 aromatic carbocycles. The van der Waals surface area contributed by atoms with Crippen LogP contribution in [0.3, 0.4) is 0 Å². The summed E-state index contributed by atoms with van der Waals surface area (Å²) >= 11 is 5.77. The van der Waals surface area contributed by atoms with E-state index in [2.05, 4.69) is 15.0 Å². The third-order valence-corrected chi connectivity index (χ3v) is 5.52. The molecule has 15 heteroatoms. The third kappa shape index (κ3) is 5.19. The van der Waals surface area contributed by atoms with Gasteiger partial charge in [0.25, 0.3) is 5.60 Å². The second-order valence-electron chi connectivity index (χ2n) is 7.58. The van der Waals surface area contributed by atoms with Gasteiger partial charge in [-0.25, -0.2) is 19.0 Å². The van der Waals surface area contributed by atoms with E-state index in [0.29, 0.717) is 0 Å². The molecule has 0 amide bonds. The van der Waals surface area contributed by atoms with Gasteiger partial charge in [0.2, 0.25) is 11.6 Å². The van der Waals surface area contributed by atoms with Crippen molar-refractivity contribution in [2.75, 3.05) is 19.5 Å². The molecule has 0 fully saturated rings. The first-order chi connectivity index (χ1) is 17.0. The molecule has 2 heterocycles. The molecule has 5 N–H and O–H groups in total. The molecule has 3 atom stereocenters. The van der Waals surface area contributed by atoms with Crippen LogP contribution in [-0.2, 0) is 25.5 Å². The number of carboxylic acids is 2. The molecular weight excluding hydrogens is 503 g/mol. The van der Waals surface area contributed by atoms with Crippen molar-refractivity contribution in [3.63, 3.8) is 0 Å². The number of rotatable bonds is 11. The number of nitrogens with zero attached hydrogens (tertiary/aromatic N) is 5. The number of aliphatic hydroxyl groups excluding tert-OH is 1. The number of nitrogens with two attached hydrogens (primary N) is 1. The Labute approximate surface area is 207 Å². The molecule has 13 nitrogen and oxygen atoms in total. The number of nitriles is 1. The summed E-state index contributed by atoms with van der Waals surface area (Å²) in [5.41, 5.74) is 3.14. The molecule has 0 aliphatic carbocycles. The average molecular weight is 523 g/mol. The van der Waals surface area contributed by atoms with Crippen LogP contribution in [0.4, 0.5) is 10.2 Å². The van der Waals surface area contributed by atoms with Gasteiger partial charge in [0.05, 0.1) is 24.6 Å². The smallest absolute Gasteiger partial charge is 0.348 e. The zero-order valence-electron chi connectivity index (χ0n) is 18.6. The van der Waals surface area contributed by atoms with Crippen molar-refractivity contribution in [1.82, 2.24) is 19.5 Å². The summed E-state index contributed by atoms with van der Waals surface area (Å²) < 4.78 is 26.4. The molecule has 190 valence electrons. The van der Waals surface area contributed by atoms with E-state index in [-0.39, 0.29) is 33.4 Å². The van der Waals surface area contributed by atoms with Gasteiger partial charge in [0, 0.05) is 13.5 Å². The number of hydrogen-bond donors (Lipinski definition) is 4. The third-order valence-electron chi connectivity index (χ3n) is 5.35. The Kier molecular flexibility index (Phi) is 8.00. The minimum Gasteiger partial charge on any atom is -0.479 e. The highest BCUT2D eigenvalue weighted by Gasteiger charge is 2.49.